The highest BCUT2D eigenvalue weighted by molar-refractivity contribution is 6.05. The quantitative estimate of drug-likeness (QED) is 0.649. The number of fused-ring (bicyclic) bond motifs is 2. The molecule has 0 spiro atoms. The van der Waals surface area contributed by atoms with Gasteiger partial charge < -0.3 is 15.5 Å². The van der Waals surface area contributed by atoms with E-state index in [0.717, 1.165) is 42.6 Å². The first-order chi connectivity index (χ1) is 12.6. The fraction of sp³-hybridized carbons (Fsp3) is 0.526. The number of carbonyl (C=O) groups excluding carboxylic acids is 3. The maximum atomic E-state index is 12.8. The molecule has 136 valence electrons. The molecular weight excluding hydrogens is 332 g/mol. The molecule has 1 aliphatic carbocycles. The number of amides is 3. The molecule has 0 bridgehead atoms. The van der Waals surface area contributed by atoms with E-state index in [1.807, 2.05) is 12.1 Å². The van der Waals surface area contributed by atoms with Crippen molar-refractivity contribution in [1.29, 1.82) is 0 Å². The Morgan fingerprint density at radius 1 is 1.15 bits per heavy atom. The summed E-state index contributed by atoms with van der Waals surface area (Å²) in [6.45, 7) is 3.38. The average molecular weight is 354 g/mol. The summed E-state index contributed by atoms with van der Waals surface area (Å²) in [4.78, 5) is 38.0. The van der Waals surface area contributed by atoms with Crippen LogP contribution in [0.15, 0.2) is 18.2 Å². The van der Waals surface area contributed by atoms with Crippen LogP contribution in [0.2, 0.25) is 0 Å². The maximum absolute atomic E-state index is 12.8. The molecule has 3 unspecified atom stereocenters. The smallest absolute Gasteiger partial charge is 0.255 e. The summed E-state index contributed by atoms with van der Waals surface area (Å²) in [5.74, 6) is 0.760. The molecule has 7 heteroatoms. The van der Waals surface area contributed by atoms with Crippen LogP contribution < -0.4 is 16.0 Å². The summed E-state index contributed by atoms with van der Waals surface area (Å²) in [6.07, 6.45) is 0.680. The average Bonchev–Trinajstić information content (AvgIpc) is 2.95. The highest BCUT2D eigenvalue weighted by Crippen LogP contribution is 2.42. The van der Waals surface area contributed by atoms with Gasteiger partial charge in [0.2, 0.25) is 11.8 Å². The van der Waals surface area contributed by atoms with Gasteiger partial charge in [-0.05, 0) is 48.5 Å². The van der Waals surface area contributed by atoms with Crippen LogP contribution in [0.3, 0.4) is 0 Å². The molecular formula is C19H22N4O3. The molecule has 1 aromatic rings. The van der Waals surface area contributed by atoms with Gasteiger partial charge in [0.05, 0.1) is 0 Å². The molecule has 26 heavy (non-hydrogen) atoms. The lowest BCUT2D eigenvalue weighted by Crippen LogP contribution is -2.52. The van der Waals surface area contributed by atoms with E-state index in [1.54, 1.807) is 4.90 Å². The molecule has 3 heterocycles. The molecule has 0 aromatic heterocycles. The van der Waals surface area contributed by atoms with Gasteiger partial charge in [-0.2, -0.15) is 0 Å². The Labute approximate surface area is 151 Å². The topological polar surface area (TPSA) is 90.5 Å². The van der Waals surface area contributed by atoms with Crippen molar-refractivity contribution in [2.75, 3.05) is 13.1 Å². The third-order valence-electron chi connectivity index (χ3n) is 6.30. The molecule has 5 rings (SSSR count). The van der Waals surface area contributed by atoms with E-state index in [1.165, 1.54) is 0 Å². The Bertz CT molecular complexity index is 798. The van der Waals surface area contributed by atoms with Gasteiger partial charge in [-0.15, -0.1) is 0 Å². The van der Waals surface area contributed by atoms with Crippen molar-refractivity contribution >= 4 is 17.7 Å². The number of benzene rings is 1. The zero-order chi connectivity index (χ0) is 17.8. The second-order valence-corrected chi connectivity index (χ2v) is 7.74. The summed E-state index contributed by atoms with van der Waals surface area (Å²) in [5, 5.41) is 9.38. The summed E-state index contributed by atoms with van der Waals surface area (Å²) in [6, 6.07) is 5.83. The molecule has 3 aliphatic heterocycles. The van der Waals surface area contributed by atoms with Gasteiger partial charge >= 0.3 is 0 Å². The zero-order valence-corrected chi connectivity index (χ0v) is 14.5. The number of nitrogens with zero attached hydrogens (tertiary/aromatic N) is 1. The number of rotatable bonds is 4. The van der Waals surface area contributed by atoms with Gasteiger partial charge in [-0.1, -0.05) is 12.1 Å². The first-order valence-electron chi connectivity index (χ1n) is 9.33. The van der Waals surface area contributed by atoms with Gasteiger partial charge in [0.1, 0.15) is 6.04 Å². The molecule has 3 fully saturated rings. The minimum absolute atomic E-state index is 0.108. The zero-order valence-electron chi connectivity index (χ0n) is 14.5. The number of nitrogens with one attached hydrogen (secondary N) is 3. The highest BCUT2D eigenvalue weighted by atomic mass is 16.2. The molecule has 2 saturated heterocycles. The Morgan fingerprint density at radius 3 is 2.73 bits per heavy atom. The summed E-state index contributed by atoms with van der Waals surface area (Å²) in [7, 11) is 0. The molecule has 7 nitrogen and oxygen atoms in total. The van der Waals surface area contributed by atoms with Gasteiger partial charge in [-0.3, -0.25) is 19.7 Å². The Kier molecular flexibility index (Phi) is 3.62. The van der Waals surface area contributed by atoms with Crippen molar-refractivity contribution in [1.82, 2.24) is 20.9 Å². The number of carbonyl (C=O) groups is 3. The van der Waals surface area contributed by atoms with E-state index in [9.17, 15) is 14.4 Å². The third-order valence-corrected chi connectivity index (χ3v) is 6.30. The molecule has 0 radical (unpaired) electrons. The SMILES string of the molecule is O=C1CCC(N2Cc3c(CNC4C5CNCC54)cccc3C2=O)C(=O)N1. The first kappa shape index (κ1) is 16.0. The lowest BCUT2D eigenvalue weighted by Gasteiger charge is -2.29. The fourth-order valence-corrected chi connectivity index (χ4v) is 4.76. The molecule has 4 aliphatic rings. The van der Waals surface area contributed by atoms with E-state index >= 15 is 0 Å². The lowest BCUT2D eigenvalue weighted by atomic mass is 10.0. The van der Waals surface area contributed by atoms with Crippen molar-refractivity contribution in [3.05, 3.63) is 34.9 Å². The highest BCUT2D eigenvalue weighted by Gasteiger charge is 2.52. The third kappa shape index (κ3) is 2.46. The molecule has 3 atom stereocenters. The molecule has 3 amide bonds. The second-order valence-electron chi connectivity index (χ2n) is 7.74. The number of hydrogen-bond donors (Lipinski definition) is 3. The van der Waals surface area contributed by atoms with Gasteiger partial charge in [-0.25, -0.2) is 0 Å². The van der Waals surface area contributed by atoms with Crippen LogP contribution in [0, 0.1) is 11.8 Å². The minimum atomic E-state index is -0.553. The second kappa shape index (κ2) is 5.89. The van der Waals surface area contributed by atoms with E-state index in [0.29, 0.717) is 24.6 Å². The Hall–Kier alpha value is -2.25. The van der Waals surface area contributed by atoms with E-state index < -0.39 is 6.04 Å². The van der Waals surface area contributed by atoms with Crippen LogP contribution >= 0.6 is 0 Å². The normalized spacial score (nSPS) is 32.5. The van der Waals surface area contributed by atoms with Crippen LogP contribution in [0.1, 0.15) is 34.3 Å². The lowest BCUT2D eigenvalue weighted by molar-refractivity contribution is -0.136. The standard InChI is InChI=1S/C19H22N4O3/c24-16-5-4-15(18(25)22-16)23-9-14-10(2-1-3-11(14)19(23)26)6-21-17-12-7-20-8-13(12)17/h1-3,12-13,15,17,20-21H,4-9H2,(H,22,24,25). The Balaban J connectivity index is 1.32. The van der Waals surface area contributed by atoms with Crippen LogP contribution in [0.25, 0.3) is 0 Å². The van der Waals surface area contributed by atoms with Crippen molar-refractivity contribution in [2.45, 2.75) is 38.0 Å². The largest absolute Gasteiger partial charge is 0.322 e. The van der Waals surface area contributed by atoms with Crippen LogP contribution in [0.5, 0.6) is 0 Å². The number of imide groups is 1. The van der Waals surface area contributed by atoms with E-state index in [2.05, 4.69) is 22.0 Å². The van der Waals surface area contributed by atoms with Crippen molar-refractivity contribution in [2.24, 2.45) is 11.8 Å². The molecule has 1 aromatic carbocycles. The predicted molar refractivity (Wildman–Crippen MR) is 93.0 cm³/mol. The maximum Gasteiger partial charge on any atom is 0.255 e. The van der Waals surface area contributed by atoms with Gasteiger partial charge in [0.15, 0.2) is 0 Å². The summed E-state index contributed by atoms with van der Waals surface area (Å²) in [5.41, 5.74) is 2.83. The number of piperidine rings is 2. The fourth-order valence-electron chi connectivity index (χ4n) is 4.76. The van der Waals surface area contributed by atoms with Crippen molar-refractivity contribution in [3.8, 4) is 0 Å². The molecule has 1 saturated carbocycles. The van der Waals surface area contributed by atoms with Crippen molar-refractivity contribution in [3.63, 3.8) is 0 Å². The first-order valence-corrected chi connectivity index (χ1v) is 9.33. The van der Waals surface area contributed by atoms with Crippen molar-refractivity contribution < 1.29 is 14.4 Å². The van der Waals surface area contributed by atoms with Gasteiger partial charge in [0, 0.05) is 31.1 Å². The summed E-state index contributed by atoms with van der Waals surface area (Å²) >= 11 is 0. The van der Waals surface area contributed by atoms with Crippen LogP contribution in [0.4, 0.5) is 0 Å². The minimum Gasteiger partial charge on any atom is -0.322 e. The number of hydrogen-bond acceptors (Lipinski definition) is 5. The van der Waals surface area contributed by atoms with E-state index in [-0.39, 0.29) is 24.1 Å². The predicted octanol–water partition coefficient (Wildman–Crippen LogP) is -0.245. The van der Waals surface area contributed by atoms with Crippen LogP contribution in [-0.2, 0) is 22.7 Å². The Morgan fingerprint density at radius 2 is 1.96 bits per heavy atom. The summed E-state index contributed by atoms with van der Waals surface area (Å²) < 4.78 is 0. The monoisotopic (exact) mass is 354 g/mol. The van der Waals surface area contributed by atoms with Crippen LogP contribution in [-0.4, -0.2) is 47.8 Å². The van der Waals surface area contributed by atoms with E-state index in [4.69, 9.17) is 0 Å². The van der Waals surface area contributed by atoms with Gasteiger partial charge in [0.25, 0.3) is 5.91 Å². The molecule has 3 N–H and O–H groups in total.